The fraction of sp³-hybridized carbons (Fsp3) is 0.192. The molecule has 5 aromatic rings. The highest BCUT2D eigenvalue weighted by Gasteiger charge is 2.22. The van der Waals surface area contributed by atoms with Gasteiger partial charge in [0.1, 0.15) is 16.4 Å². The number of aryl methyl sites for hydroxylation is 3. The number of thiophene rings is 1. The lowest BCUT2D eigenvalue weighted by atomic mass is 10.1. The molecule has 0 saturated heterocycles. The fourth-order valence-corrected chi connectivity index (χ4v) is 5.66. The van der Waals surface area contributed by atoms with Crippen molar-refractivity contribution in [3.8, 4) is 27.6 Å². The van der Waals surface area contributed by atoms with Gasteiger partial charge in [0.2, 0.25) is 0 Å². The van der Waals surface area contributed by atoms with Gasteiger partial charge in [0.05, 0.1) is 35.9 Å². The summed E-state index contributed by atoms with van der Waals surface area (Å²) in [5.41, 5.74) is 2.86. The fourth-order valence-electron chi connectivity index (χ4n) is 4.30. The summed E-state index contributed by atoms with van der Waals surface area (Å²) in [4.78, 5) is 32.6. The molecule has 0 aliphatic heterocycles. The van der Waals surface area contributed by atoms with Gasteiger partial charge in [-0.15, -0.1) is 11.3 Å². The monoisotopic (exact) mass is 490 g/mol. The Hall–Kier alpha value is -3.98. The number of ether oxygens (including phenoxy) is 1. The summed E-state index contributed by atoms with van der Waals surface area (Å²) in [6.45, 7) is 6.05. The highest BCUT2D eigenvalue weighted by molar-refractivity contribution is 7.22. The van der Waals surface area contributed by atoms with E-state index in [4.69, 9.17) is 4.74 Å². The highest BCUT2D eigenvalue weighted by atomic mass is 32.1. The van der Waals surface area contributed by atoms with Gasteiger partial charge in [-0.3, -0.25) is 9.36 Å². The van der Waals surface area contributed by atoms with Crippen LogP contribution in [0.1, 0.15) is 18.2 Å². The normalized spacial score (nSPS) is 11.3. The Morgan fingerprint density at radius 1 is 1.09 bits per heavy atom. The van der Waals surface area contributed by atoms with Crippen LogP contribution < -0.4 is 16.0 Å². The van der Waals surface area contributed by atoms with E-state index >= 15 is 0 Å². The van der Waals surface area contributed by atoms with E-state index in [1.165, 1.54) is 35.6 Å². The van der Waals surface area contributed by atoms with E-state index in [1.807, 2.05) is 49.7 Å². The van der Waals surface area contributed by atoms with E-state index in [0.717, 1.165) is 32.0 Å². The Bertz CT molecular complexity index is 1690. The minimum atomic E-state index is -0.451. The van der Waals surface area contributed by atoms with Crippen molar-refractivity contribution in [3.63, 3.8) is 0 Å². The maximum Gasteiger partial charge on any atom is 0.336 e. The molecule has 7 nitrogen and oxygen atoms in total. The van der Waals surface area contributed by atoms with Gasteiger partial charge in [0.25, 0.3) is 5.56 Å². The number of methoxy groups -OCH3 is 1. The zero-order chi connectivity index (χ0) is 24.9. The number of fused-ring (bicyclic) bond motifs is 1. The van der Waals surface area contributed by atoms with Crippen LogP contribution in [0.15, 0.2) is 64.6 Å². The standard InChI is InChI=1S/C26H23FN4O3S/c1-5-30-25-22(24(32)31(26(30)33)19-9-7-18(27)8-10-19)16(3)23(35-25)17-6-11-20(21(12-17)34-4)29-13-15(2)28-14-29/h6-14H,5H2,1-4H3. The molecule has 9 heteroatoms. The molecule has 0 radical (unpaired) electrons. The molecule has 0 atom stereocenters. The average molecular weight is 491 g/mol. The number of imidazole rings is 1. The van der Waals surface area contributed by atoms with E-state index in [-0.39, 0.29) is 0 Å². The molecule has 35 heavy (non-hydrogen) atoms. The van der Waals surface area contributed by atoms with Crippen molar-refractivity contribution >= 4 is 21.6 Å². The highest BCUT2D eigenvalue weighted by Crippen LogP contribution is 2.39. The Morgan fingerprint density at radius 3 is 2.46 bits per heavy atom. The van der Waals surface area contributed by atoms with Crippen molar-refractivity contribution in [2.75, 3.05) is 7.11 Å². The van der Waals surface area contributed by atoms with Gasteiger partial charge in [-0.2, -0.15) is 0 Å². The summed E-state index contributed by atoms with van der Waals surface area (Å²) in [5, 5.41) is 0.476. The third-order valence-electron chi connectivity index (χ3n) is 6.05. The number of benzene rings is 2. The van der Waals surface area contributed by atoms with E-state index < -0.39 is 17.1 Å². The van der Waals surface area contributed by atoms with Crippen LogP contribution in [0.3, 0.4) is 0 Å². The van der Waals surface area contributed by atoms with E-state index in [1.54, 1.807) is 18.0 Å². The Balaban J connectivity index is 1.74. The molecule has 0 amide bonds. The van der Waals surface area contributed by atoms with Gasteiger partial charge in [0.15, 0.2) is 0 Å². The summed E-state index contributed by atoms with van der Waals surface area (Å²) in [7, 11) is 1.61. The molecule has 0 unspecified atom stereocenters. The van der Waals surface area contributed by atoms with Crippen molar-refractivity contribution in [1.29, 1.82) is 0 Å². The van der Waals surface area contributed by atoms with Crippen LogP contribution in [0.5, 0.6) is 5.75 Å². The first-order valence-corrected chi connectivity index (χ1v) is 11.9. The third-order valence-corrected chi connectivity index (χ3v) is 7.41. The SMILES string of the molecule is CCn1c(=O)n(-c2ccc(F)cc2)c(=O)c2c(C)c(-c3ccc(-n4cnc(C)c4)c(OC)c3)sc21. The van der Waals surface area contributed by atoms with Gasteiger partial charge in [-0.25, -0.2) is 18.7 Å². The number of nitrogens with zero attached hydrogens (tertiary/aromatic N) is 4. The summed E-state index contributed by atoms with van der Waals surface area (Å²) < 4.78 is 23.7. The Morgan fingerprint density at radius 2 is 1.83 bits per heavy atom. The summed E-state index contributed by atoms with van der Waals surface area (Å²) in [6.07, 6.45) is 3.65. The molecule has 0 spiro atoms. The first-order valence-electron chi connectivity index (χ1n) is 11.1. The molecule has 0 aliphatic carbocycles. The van der Waals surface area contributed by atoms with Gasteiger partial charge >= 0.3 is 5.69 Å². The third kappa shape index (κ3) is 3.68. The van der Waals surface area contributed by atoms with Crippen molar-refractivity contribution in [2.45, 2.75) is 27.3 Å². The molecule has 0 fully saturated rings. The second-order valence-corrected chi connectivity index (χ2v) is 9.19. The first kappa shape index (κ1) is 22.8. The Kier molecular flexibility index (Phi) is 5.64. The second-order valence-electron chi connectivity index (χ2n) is 8.19. The molecule has 3 heterocycles. The van der Waals surface area contributed by atoms with Crippen molar-refractivity contribution in [2.24, 2.45) is 0 Å². The molecule has 5 rings (SSSR count). The summed E-state index contributed by atoms with van der Waals surface area (Å²) in [5.74, 6) is 0.226. The number of halogens is 1. The lowest BCUT2D eigenvalue weighted by Crippen LogP contribution is -2.38. The number of hydrogen-bond donors (Lipinski definition) is 0. The van der Waals surface area contributed by atoms with Crippen LogP contribution in [0.25, 0.3) is 32.0 Å². The largest absolute Gasteiger partial charge is 0.495 e. The number of aromatic nitrogens is 4. The Labute approximate surface area is 204 Å². The lowest BCUT2D eigenvalue weighted by molar-refractivity contribution is 0.413. The number of rotatable bonds is 5. The van der Waals surface area contributed by atoms with Crippen LogP contribution in [-0.4, -0.2) is 25.8 Å². The zero-order valence-corrected chi connectivity index (χ0v) is 20.5. The molecule has 178 valence electrons. The molecule has 0 N–H and O–H groups in total. The topological polar surface area (TPSA) is 71.0 Å². The molecule has 3 aromatic heterocycles. The van der Waals surface area contributed by atoms with E-state index in [9.17, 15) is 14.0 Å². The van der Waals surface area contributed by atoms with Crippen LogP contribution in [-0.2, 0) is 6.54 Å². The lowest BCUT2D eigenvalue weighted by Gasteiger charge is -2.11. The summed E-state index contributed by atoms with van der Waals surface area (Å²) >= 11 is 1.40. The van der Waals surface area contributed by atoms with Crippen LogP contribution in [0.2, 0.25) is 0 Å². The predicted molar refractivity (Wildman–Crippen MR) is 136 cm³/mol. The van der Waals surface area contributed by atoms with Gasteiger partial charge in [0, 0.05) is 17.6 Å². The maximum atomic E-state index is 13.6. The summed E-state index contributed by atoms with van der Waals surface area (Å²) in [6, 6.07) is 11.2. The molecule has 0 aliphatic rings. The molecule has 0 bridgehead atoms. The van der Waals surface area contributed by atoms with Crippen LogP contribution >= 0.6 is 11.3 Å². The molecule has 2 aromatic carbocycles. The molecular formula is C26H23FN4O3S. The molecule has 0 saturated carbocycles. The minimum Gasteiger partial charge on any atom is -0.495 e. The second kappa shape index (κ2) is 8.66. The van der Waals surface area contributed by atoms with E-state index in [2.05, 4.69) is 4.98 Å². The van der Waals surface area contributed by atoms with Gasteiger partial charge in [-0.05, 0) is 68.3 Å². The van der Waals surface area contributed by atoms with E-state index in [0.29, 0.717) is 28.2 Å². The van der Waals surface area contributed by atoms with Gasteiger partial charge in [-0.1, -0.05) is 6.07 Å². The van der Waals surface area contributed by atoms with Crippen LogP contribution in [0.4, 0.5) is 4.39 Å². The van der Waals surface area contributed by atoms with Crippen molar-refractivity contribution in [1.82, 2.24) is 18.7 Å². The van der Waals surface area contributed by atoms with Gasteiger partial charge < -0.3 is 9.30 Å². The number of hydrogen-bond acceptors (Lipinski definition) is 5. The first-order chi connectivity index (χ1) is 16.8. The smallest absolute Gasteiger partial charge is 0.336 e. The quantitative estimate of drug-likeness (QED) is 0.353. The molecular weight excluding hydrogens is 467 g/mol. The maximum absolute atomic E-state index is 13.6. The zero-order valence-electron chi connectivity index (χ0n) is 19.7. The minimum absolute atomic E-state index is 0.333. The predicted octanol–water partition coefficient (Wildman–Crippen LogP) is 4.85. The van der Waals surface area contributed by atoms with Crippen molar-refractivity contribution in [3.05, 3.63) is 92.9 Å². The van der Waals surface area contributed by atoms with Crippen molar-refractivity contribution < 1.29 is 9.13 Å². The average Bonchev–Trinajstić information content (AvgIpc) is 3.43. The van der Waals surface area contributed by atoms with Crippen LogP contribution in [0, 0.1) is 19.7 Å².